The van der Waals surface area contributed by atoms with Crippen LogP contribution in [0.5, 0.6) is 11.5 Å². The summed E-state index contributed by atoms with van der Waals surface area (Å²) in [5, 5.41) is 2.84. The minimum atomic E-state index is -0.571. The molecule has 0 fully saturated rings. The van der Waals surface area contributed by atoms with Crippen molar-refractivity contribution in [2.45, 2.75) is 53.6 Å². The number of methoxy groups -OCH3 is 1. The summed E-state index contributed by atoms with van der Waals surface area (Å²) in [6.07, 6.45) is 0.510. The van der Waals surface area contributed by atoms with Crippen LogP contribution >= 0.6 is 0 Å². The molecule has 0 saturated heterocycles. The topological polar surface area (TPSA) is 67.9 Å². The van der Waals surface area contributed by atoms with Gasteiger partial charge in [-0.1, -0.05) is 25.1 Å². The van der Waals surface area contributed by atoms with Crippen LogP contribution in [0.15, 0.2) is 36.4 Å². The summed E-state index contributed by atoms with van der Waals surface area (Å²) in [5.74, 6) is 1.05. The Kier molecular flexibility index (Phi) is 8.91. The Hall–Kier alpha value is -3.02. The van der Waals surface area contributed by atoms with Gasteiger partial charge in [0.15, 0.2) is 6.61 Å². The maximum Gasteiger partial charge on any atom is 0.261 e. The predicted molar refractivity (Wildman–Crippen MR) is 122 cm³/mol. The van der Waals surface area contributed by atoms with Crippen molar-refractivity contribution >= 4 is 11.8 Å². The van der Waals surface area contributed by atoms with Crippen molar-refractivity contribution in [3.8, 4) is 11.5 Å². The second kappa shape index (κ2) is 11.4. The molecule has 0 saturated carbocycles. The first-order chi connectivity index (χ1) is 14.8. The Morgan fingerprint density at radius 3 is 2.32 bits per heavy atom. The lowest BCUT2D eigenvalue weighted by Gasteiger charge is -2.30. The van der Waals surface area contributed by atoms with Crippen molar-refractivity contribution in [2.75, 3.05) is 20.3 Å². The molecule has 2 aromatic rings. The van der Waals surface area contributed by atoms with Gasteiger partial charge in [-0.25, -0.2) is 0 Å². The number of hydrogen-bond acceptors (Lipinski definition) is 4. The smallest absolute Gasteiger partial charge is 0.261 e. The molecule has 1 atom stereocenters. The minimum absolute atomic E-state index is 0.129. The average Bonchev–Trinajstić information content (AvgIpc) is 2.75. The van der Waals surface area contributed by atoms with Crippen LogP contribution in [0.1, 0.15) is 42.5 Å². The van der Waals surface area contributed by atoms with Crippen molar-refractivity contribution in [1.82, 2.24) is 10.2 Å². The van der Waals surface area contributed by atoms with Crippen LogP contribution in [0.3, 0.4) is 0 Å². The molecule has 31 heavy (non-hydrogen) atoms. The van der Waals surface area contributed by atoms with Crippen LogP contribution in [-0.4, -0.2) is 43.0 Å². The first kappa shape index (κ1) is 24.3. The number of nitrogens with zero attached hydrogens (tertiary/aromatic N) is 1. The number of amides is 2. The second-order valence-electron chi connectivity index (χ2n) is 7.68. The van der Waals surface area contributed by atoms with Crippen molar-refractivity contribution < 1.29 is 19.1 Å². The van der Waals surface area contributed by atoms with Gasteiger partial charge in [-0.3, -0.25) is 9.59 Å². The number of rotatable bonds is 10. The number of ether oxygens (including phenoxy) is 2. The maximum absolute atomic E-state index is 13.2. The maximum atomic E-state index is 13.2. The van der Waals surface area contributed by atoms with Crippen LogP contribution in [0.2, 0.25) is 0 Å². The van der Waals surface area contributed by atoms with E-state index >= 15 is 0 Å². The third-order valence-corrected chi connectivity index (χ3v) is 5.36. The van der Waals surface area contributed by atoms with Gasteiger partial charge < -0.3 is 19.7 Å². The Labute approximate surface area is 185 Å². The molecule has 0 bridgehead atoms. The van der Waals surface area contributed by atoms with Gasteiger partial charge >= 0.3 is 0 Å². The molecule has 0 radical (unpaired) electrons. The van der Waals surface area contributed by atoms with E-state index in [2.05, 4.69) is 11.4 Å². The lowest BCUT2D eigenvalue weighted by atomic mass is 10.1. The number of likely N-dealkylation sites (N-methyl/N-ethyl adjacent to an activating group) is 1. The van der Waals surface area contributed by atoms with Crippen LogP contribution in [0.25, 0.3) is 0 Å². The zero-order chi connectivity index (χ0) is 23.0. The lowest BCUT2D eigenvalue weighted by molar-refractivity contribution is -0.142. The first-order valence-electron chi connectivity index (χ1n) is 10.7. The normalized spacial score (nSPS) is 11.5. The highest BCUT2D eigenvalue weighted by Crippen LogP contribution is 2.24. The van der Waals surface area contributed by atoms with E-state index in [-0.39, 0.29) is 18.4 Å². The van der Waals surface area contributed by atoms with Gasteiger partial charge in [0.25, 0.3) is 5.91 Å². The molecule has 1 unspecified atom stereocenters. The molecule has 2 amide bonds. The molecule has 0 heterocycles. The molecule has 168 valence electrons. The Morgan fingerprint density at radius 2 is 1.74 bits per heavy atom. The molecular formula is C25H34N2O4. The highest BCUT2D eigenvalue weighted by atomic mass is 16.5. The molecule has 2 rings (SSSR count). The zero-order valence-corrected chi connectivity index (χ0v) is 19.5. The van der Waals surface area contributed by atoms with E-state index in [1.807, 2.05) is 65.0 Å². The number of aryl methyl sites for hydroxylation is 2. The average molecular weight is 427 g/mol. The predicted octanol–water partition coefficient (Wildman–Crippen LogP) is 3.94. The minimum Gasteiger partial charge on any atom is -0.497 e. The summed E-state index contributed by atoms with van der Waals surface area (Å²) in [5.41, 5.74) is 4.12. The SMILES string of the molecule is CCNC(=O)C(CC)N(Cc1ccc(OC)cc1)C(=O)COc1cc(C)cc(C)c1C. The van der Waals surface area contributed by atoms with Gasteiger partial charge in [-0.05, 0) is 74.6 Å². The number of benzene rings is 2. The number of hydrogen-bond donors (Lipinski definition) is 1. The summed E-state index contributed by atoms with van der Waals surface area (Å²) in [4.78, 5) is 27.5. The van der Waals surface area contributed by atoms with Crippen molar-refractivity contribution in [3.05, 3.63) is 58.7 Å². The van der Waals surface area contributed by atoms with E-state index in [9.17, 15) is 9.59 Å². The summed E-state index contributed by atoms with van der Waals surface area (Å²) < 4.78 is 11.1. The summed E-state index contributed by atoms with van der Waals surface area (Å²) in [6.45, 7) is 10.5. The van der Waals surface area contributed by atoms with Gasteiger partial charge in [0, 0.05) is 13.1 Å². The van der Waals surface area contributed by atoms with Gasteiger partial charge in [-0.15, -0.1) is 0 Å². The molecule has 6 nitrogen and oxygen atoms in total. The molecule has 0 aliphatic heterocycles. The number of carbonyl (C=O) groups is 2. The van der Waals surface area contributed by atoms with E-state index in [1.54, 1.807) is 12.0 Å². The van der Waals surface area contributed by atoms with Gasteiger partial charge in [0.1, 0.15) is 17.5 Å². The highest BCUT2D eigenvalue weighted by Gasteiger charge is 2.28. The van der Waals surface area contributed by atoms with E-state index in [1.165, 1.54) is 0 Å². The highest BCUT2D eigenvalue weighted by molar-refractivity contribution is 5.88. The first-order valence-corrected chi connectivity index (χ1v) is 10.7. The molecule has 0 aliphatic carbocycles. The molecular weight excluding hydrogens is 392 g/mol. The lowest BCUT2D eigenvalue weighted by Crippen LogP contribution is -2.50. The van der Waals surface area contributed by atoms with E-state index in [0.717, 1.165) is 28.0 Å². The molecule has 0 spiro atoms. The van der Waals surface area contributed by atoms with Crippen LogP contribution in [0, 0.1) is 20.8 Å². The summed E-state index contributed by atoms with van der Waals surface area (Å²) >= 11 is 0. The van der Waals surface area contributed by atoms with Crippen LogP contribution in [-0.2, 0) is 16.1 Å². The Bertz CT molecular complexity index is 893. The summed E-state index contributed by atoms with van der Waals surface area (Å²) in [6, 6.07) is 10.9. The molecule has 0 aromatic heterocycles. The van der Waals surface area contributed by atoms with Crippen LogP contribution in [0.4, 0.5) is 0 Å². The van der Waals surface area contributed by atoms with E-state index in [0.29, 0.717) is 25.3 Å². The third kappa shape index (κ3) is 6.48. The fourth-order valence-electron chi connectivity index (χ4n) is 3.51. The van der Waals surface area contributed by atoms with Gasteiger partial charge in [0.2, 0.25) is 5.91 Å². The van der Waals surface area contributed by atoms with Gasteiger partial charge in [-0.2, -0.15) is 0 Å². The molecule has 2 aromatic carbocycles. The standard InChI is InChI=1S/C25H34N2O4/c1-7-22(25(29)26-8-2)27(15-20-9-11-21(30-6)12-10-20)24(28)16-31-23-14-17(3)13-18(4)19(23)5/h9-14,22H,7-8,15-16H2,1-6H3,(H,26,29). The molecule has 0 aliphatic rings. The van der Waals surface area contributed by atoms with Crippen LogP contribution < -0.4 is 14.8 Å². The monoisotopic (exact) mass is 426 g/mol. The fourth-order valence-corrected chi connectivity index (χ4v) is 3.51. The van der Waals surface area contributed by atoms with Gasteiger partial charge in [0.05, 0.1) is 7.11 Å². The number of carbonyl (C=O) groups excluding carboxylic acids is 2. The van der Waals surface area contributed by atoms with E-state index < -0.39 is 6.04 Å². The van der Waals surface area contributed by atoms with Crippen molar-refractivity contribution in [1.29, 1.82) is 0 Å². The van der Waals surface area contributed by atoms with Crippen molar-refractivity contribution in [3.63, 3.8) is 0 Å². The third-order valence-electron chi connectivity index (χ3n) is 5.36. The molecule has 1 N–H and O–H groups in total. The zero-order valence-electron chi connectivity index (χ0n) is 19.5. The Morgan fingerprint density at radius 1 is 1.06 bits per heavy atom. The molecule has 6 heteroatoms. The largest absolute Gasteiger partial charge is 0.497 e. The fraction of sp³-hybridized carbons (Fsp3) is 0.440. The second-order valence-corrected chi connectivity index (χ2v) is 7.68. The van der Waals surface area contributed by atoms with E-state index in [4.69, 9.17) is 9.47 Å². The quantitative estimate of drug-likeness (QED) is 0.625. The summed E-state index contributed by atoms with van der Waals surface area (Å²) in [7, 11) is 1.61. The Balaban J connectivity index is 2.25. The number of nitrogens with one attached hydrogen (secondary N) is 1. The van der Waals surface area contributed by atoms with Crippen molar-refractivity contribution in [2.24, 2.45) is 0 Å².